The van der Waals surface area contributed by atoms with Gasteiger partial charge in [0.25, 0.3) is 0 Å². The Hall–Kier alpha value is -1.25. The minimum absolute atomic E-state index is 0.118. The van der Waals surface area contributed by atoms with E-state index >= 15 is 0 Å². The molecule has 140 valence electrons. The Bertz CT molecular complexity index is 681. The number of aliphatic hydroxyl groups is 1. The van der Waals surface area contributed by atoms with Gasteiger partial charge in [0.05, 0.1) is 11.9 Å². The van der Waals surface area contributed by atoms with E-state index in [9.17, 15) is 8.42 Å². The lowest BCUT2D eigenvalue weighted by Gasteiger charge is -2.32. The Labute approximate surface area is 149 Å². The van der Waals surface area contributed by atoms with Crippen LogP contribution in [0, 0.1) is 5.92 Å². The van der Waals surface area contributed by atoms with Crippen molar-refractivity contribution in [3.63, 3.8) is 0 Å². The standard InChI is InChI=1S/C17H28N4O3S/c1-25(23,24)15-12-19-17(20-16(15)14-3-2-7-18-11-14)21-8-4-13(5-9-21)6-10-22/h12-14,18,22H,2-11H2,1H3/t14-/m1/s1. The van der Waals surface area contributed by atoms with Crippen molar-refractivity contribution in [3.05, 3.63) is 11.9 Å². The summed E-state index contributed by atoms with van der Waals surface area (Å²) < 4.78 is 24.3. The van der Waals surface area contributed by atoms with Gasteiger partial charge < -0.3 is 15.3 Å². The van der Waals surface area contributed by atoms with E-state index in [-0.39, 0.29) is 17.4 Å². The van der Waals surface area contributed by atoms with Crippen LogP contribution in [0.3, 0.4) is 0 Å². The Balaban J connectivity index is 1.84. The zero-order chi connectivity index (χ0) is 17.9. The van der Waals surface area contributed by atoms with Gasteiger partial charge in [0.2, 0.25) is 5.95 Å². The largest absolute Gasteiger partial charge is 0.396 e. The SMILES string of the molecule is CS(=O)(=O)c1cnc(N2CCC(CCO)CC2)nc1[C@@H]1CCCNC1. The van der Waals surface area contributed by atoms with Crippen LogP contribution in [-0.2, 0) is 9.84 Å². The van der Waals surface area contributed by atoms with E-state index in [0.717, 1.165) is 58.3 Å². The number of sulfone groups is 1. The number of anilines is 1. The van der Waals surface area contributed by atoms with Crippen molar-refractivity contribution in [2.24, 2.45) is 5.92 Å². The second kappa shape index (κ2) is 7.97. The summed E-state index contributed by atoms with van der Waals surface area (Å²) in [5.41, 5.74) is 0.664. The summed E-state index contributed by atoms with van der Waals surface area (Å²) in [5.74, 6) is 1.31. The summed E-state index contributed by atoms with van der Waals surface area (Å²) in [5, 5.41) is 12.4. The molecule has 2 fully saturated rings. The van der Waals surface area contributed by atoms with Gasteiger partial charge in [-0.2, -0.15) is 0 Å². The minimum Gasteiger partial charge on any atom is -0.396 e. The van der Waals surface area contributed by atoms with Crippen LogP contribution < -0.4 is 10.2 Å². The third-order valence-corrected chi connectivity index (χ3v) is 6.40. The number of nitrogens with one attached hydrogen (secondary N) is 1. The van der Waals surface area contributed by atoms with Gasteiger partial charge in [-0.1, -0.05) is 0 Å². The number of piperidine rings is 2. The normalized spacial score (nSPS) is 23.0. The predicted octanol–water partition coefficient (Wildman–Crippen LogP) is 0.946. The average molecular weight is 369 g/mol. The van der Waals surface area contributed by atoms with E-state index in [0.29, 0.717) is 17.6 Å². The zero-order valence-corrected chi connectivity index (χ0v) is 15.6. The fourth-order valence-electron chi connectivity index (χ4n) is 3.79. The third-order valence-electron chi connectivity index (χ3n) is 5.29. The molecule has 2 aliphatic heterocycles. The zero-order valence-electron chi connectivity index (χ0n) is 14.8. The number of hydrogen-bond acceptors (Lipinski definition) is 7. The summed E-state index contributed by atoms with van der Waals surface area (Å²) >= 11 is 0. The van der Waals surface area contributed by atoms with E-state index in [2.05, 4.69) is 15.2 Å². The first-order valence-electron chi connectivity index (χ1n) is 9.12. The number of hydrogen-bond donors (Lipinski definition) is 2. The molecule has 0 saturated carbocycles. The van der Waals surface area contributed by atoms with Gasteiger partial charge in [0.1, 0.15) is 4.90 Å². The van der Waals surface area contributed by atoms with Crippen LogP contribution in [0.2, 0.25) is 0 Å². The average Bonchev–Trinajstić information content (AvgIpc) is 2.62. The highest BCUT2D eigenvalue weighted by atomic mass is 32.2. The van der Waals surface area contributed by atoms with Crippen molar-refractivity contribution >= 4 is 15.8 Å². The Morgan fingerprint density at radius 1 is 1.32 bits per heavy atom. The lowest BCUT2D eigenvalue weighted by atomic mass is 9.94. The summed E-state index contributed by atoms with van der Waals surface area (Å²) in [4.78, 5) is 11.5. The van der Waals surface area contributed by atoms with E-state index in [1.165, 1.54) is 12.5 Å². The summed E-state index contributed by atoms with van der Waals surface area (Å²) in [6.07, 6.45) is 7.56. The van der Waals surface area contributed by atoms with Crippen LogP contribution in [0.4, 0.5) is 5.95 Å². The van der Waals surface area contributed by atoms with Gasteiger partial charge in [-0.15, -0.1) is 0 Å². The van der Waals surface area contributed by atoms with Crippen LogP contribution in [0.25, 0.3) is 0 Å². The molecular formula is C17H28N4O3S. The van der Waals surface area contributed by atoms with E-state index in [4.69, 9.17) is 10.1 Å². The molecule has 7 nitrogen and oxygen atoms in total. The number of rotatable bonds is 5. The van der Waals surface area contributed by atoms with E-state index in [1.54, 1.807) is 0 Å². The molecule has 1 atom stereocenters. The van der Waals surface area contributed by atoms with Crippen LogP contribution >= 0.6 is 0 Å². The summed E-state index contributed by atoms with van der Waals surface area (Å²) in [6, 6.07) is 0. The predicted molar refractivity (Wildman–Crippen MR) is 96.6 cm³/mol. The van der Waals surface area contributed by atoms with Gasteiger partial charge in [-0.05, 0) is 44.6 Å². The highest BCUT2D eigenvalue weighted by molar-refractivity contribution is 7.90. The molecule has 0 amide bonds. The highest BCUT2D eigenvalue weighted by Gasteiger charge is 2.27. The van der Waals surface area contributed by atoms with Crippen LogP contribution in [0.5, 0.6) is 0 Å². The first-order chi connectivity index (χ1) is 12.0. The molecule has 3 rings (SSSR count). The number of aliphatic hydroxyl groups excluding tert-OH is 1. The van der Waals surface area contributed by atoms with E-state index in [1.807, 2.05) is 0 Å². The maximum atomic E-state index is 12.2. The number of aromatic nitrogens is 2. The quantitative estimate of drug-likeness (QED) is 0.799. The van der Waals surface area contributed by atoms with Crippen molar-refractivity contribution in [3.8, 4) is 0 Å². The van der Waals surface area contributed by atoms with Crippen LogP contribution in [0.15, 0.2) is 11.1 Å². The highest BCUT2D eigenvalue weighted by Crippen LogP contribution is 2.30. The Morgan fingerprint density at radius 3 is 2.68 bits per heavy atom. The monoisotopic (exact) mass is 368 g/mol. The van der Waals surface area contributed by atoms with Gasteiger partial charge in [0.15, 0.2) is 9.84 Å². The topological polar surface area (TPSA) is 95.4 Å². The maximum Gasteiger partial charge on any atom is 0.225 e. The van der Waals surface area contributed by atoms with Crippen LogP contribution in [-0.4, -0.2) is 62.5 Å². The minimum atomic E-state index is -3.35. The molecule has 8 heteroatoms. The molecule has 1 aromatic rings. The molecular weight excluding hydrogens is 340 g/mol. The maximum absolute atomic E-state index is 12.2. The smallest absolute Gasteiger partial charge is 0.225 e. The van der Waals surface area contributed by atoms with Crippen molar-refractivity contribution in [2.45, 2.75) is 42.9 Å². The molecule has 2 saturated heterocycles. The molecule has 2 N–H and O–H groups in total. The molecule has 3 heterocycles. The van der Waals surface area contributed by atoms with Gasteiger partial charge in [0, 0.05) is 38.4 Å². The third kappa shape index (κ3) is 4.48. The fourth-order valence-corrected chi connectivity index (χ4v) is 4.63. The van der Waals surface area contributed by atoms with Crippen molar-refractivity contribution in [2.75, 3.05) is 43.9 Å². The first kappa shape index (κ1) is 18.5. The summed E-state index contributed by atoms with van der Waals surface area (Å²) in [6.45, 7) is 3.68. The first-order valence-corrected chi connectivity index (χ1v) is 11.0. The molecule has 1 aromatic heterocycles. The van der Waals surface area contributed by atoms with Crippen molar-refractivity contribution < 1.29 is 13.5 Å². The molecule has 0 unspecified atom stereocenters. The molecule has 0 bridgehead atoms. The van der Waals surface area contributed by atoms with Crippen molar-refractivity contribution in [1.29, 1.82) is 0 Å². The van der Waals surface area contributed by atoms with Gasteiger partial charge in [-0.3, -0.25) is 0 Å². The lowest BCUT2D eigenvalue weighted by Crippen LogP contribution is -2.36. The van der Waals surface area contributed by atoms with Gasteiger partial charge >= 0.3 is 0 Å². The second-order valence-electron chi connectivity index (χ2n) is 7.18. The summed E-state index contributed by atoms with van der Waals surface area (Å²) in [7, 11) is -3.35. The fraction of sp³-hybridized carbons (Fsp3) is 0.765. The Kier molecular flexibility index (Phi) is 5.91. The Morgan fingerprint density at radius 2 is 2.08 bits per heavy atom. The van der Waals surface area contributed by atoms with Crippen molar-refractivity contribution in [1.82, 2.24) is 15.3 Å². The van der Waals surface area contributed by atoms with Crippen LogP contribution in [0.1, 0.15) is 43.7 Å². The lowest BCUT2D eigenvalue weighted by molar-refractivity contribution is 0.240. The van der Waals surface area contributed by atoms with E-state index < -0.39 is 9.84 Å². The molecule has 0 spiro atoms. The molecule has 25 heavy (non-hydrogen) atoms. The molecule has 0 aliphatic carbocycles. The molecule has 0 aromatic carbocycles. The second-order valence-corrected chi connectivity index (χ2v) is 9.16. The molecule has 2 aliphatic rings. The van der Waals surface area contributed by atoms with Gasteiger partial charge in [-0.25, -0.2) is 18.4 Å². The number of nitrogens with zero attached hydrogens (tertiary/aromatic N) is 3. The molecule has 0 radical (unpaired) electrons.